The quantitative estimate of drug-likeness (QED) is 0.302. The van der Waals surface area contributed by atoms with Gasteiger partial charge in [0.1, 0.15) is 23.4 Å². The van der Waals surface area contributed by atoms with E-state index in [0.29, 0.717) is 52.3 Å². The number of carbonyl (C=O) groups excluding carboxylic acids is 1. The van der Waals surface area contributed by atoms with E-state index in [1.54, 1.807) is 36.4 Å². The van der Waals surface area contributed by atoms with E-state index in [-0.39, 0.29) is 11.9 Å². The Morgan fingerprint density at radius 3 is 2.47 bits per heavy atom. The third kappa shape index (κ3) is 6.17. The molecule has 9 heteroatoms. The molecule has 3 atom stereocenters. The van der Waals surface area contributed by atoms with Gasteiger partial charge in [0, 0.05) is 34.7 Å². The highest BCUT2D eigenvalue weighted by atomic mass is 35.5. The van der Waals surface area contributed by atoms with Gasteiger partial charge in [-0.15, -0.1) is 0 Å². The van der Waals surface area contributed by atoms with Crippen LogP contribution in [0.4, 0.5) is 4.79 Å². The predicted octanol–water partition coefficient (Wildman–Crippen LogP) is 7.76. The van der Waals surface area contributed by atoms with Gasteiger partial charge in [0.15, 0.2) is 0 Å². The average Bonchev–Trinajstić information content (AvgIpc) is 2.90. The van der Waals surface area contributed by atoms with Gasteiger partial charge in [-0.1, -0.05) is 41.8 Å². The molecule has 1 amide bonds. The van der Waals surface area contributed by atoms with Crippen molar-refractivity contribution < 1.29 is 28.9 Å². The van der Waals surface area contributed by atoms with Gasteiger partial charge in [-0.25, -0.2) is 4.79 Å². The molecule has 0 aromatic heterocycles. The Bertz CT molecular complexity index is 1310. The van der Waals surface area contributed by atoms with Crippen LogP contribution in [-0.4, -0.2) is 29.8 Å². The number of amides is 1. The molecule has 1 heterocycles. The number of hydrogen-bond donors (Lipinski definition) is 2. The van der Waals surface area contributed by atoms with E-state index < -0.39 is 12.3 Å². The summed E-state index contributed by atoms with van der Waals surface area (Å²) < 4.78 is 16.5. The first-order chi connectivity index (χ1) is 18.4. The fraction of sp³-hybridized carbons (Fsp3) is 0.310. The molecule has 0 bridgehead atoms. The maximum absolute atomic E-state index is 12.9. The summed E-state index contributed by atoms with van der Waals surface area (Å²) in [6.45, 7) is 0.317. The lowest BCUT2D eigenvalue weighted by Gasteiger charge is -2.30. The van der Waals surface area contributed by atoms with E-state index in [1.165, 1.54) is 5.56 Å². The van der Waals surface area contributed by atoms with Gasteiger partial charge in [0.25, 0.3) is 5.91 Å². The average molecular weight is 556 g/mol. The van der Waals surface area contributed by atoms with E-state index in [0.717, 1.165) is 30.7 Å². The van der Waals surface area contributed by atoms with Crippen molar-refractivity contribution in [2.75, 3.05) is 6.61 Å². The first-order valence-electron chi connectivity index (χ1n) is 12.6. The summed E-state index contributed by atoms with van der Waals surface area (Å²) >= 11 is 12.4. The number of nitrogens with one attached hydrogen (secondary N) is 1. The van der Waals surface area contributed by atoms with Crippen molar-refractivity contribution in [3.63, 3.8) is 0 Å². The maximum Gasteiger partial charge on any atom is 0.506 e. The number of rotatable bonds is 6. The highest BCUT2D eigenvalue weighted by molar-refractivity contribution is 6.32. The summed E-state index contributed by atoms with van der Waals surface area (Å²) in [5, 5.41) is 13.2. The van der Waals surface area contributed by atoms with E-state index >= 15 is 0 Å². The highest BCUT2D eigenvalue weighted by Crippen LogP contribution is 2.42. The van der Waals surface area contributed by atoms with Gasteiger partial charge < -0.3 is 24.6 Å². The first-order valence-corrected chi connectivity index (χ1v) is 13.3. The lowest BCUT2D eigenvalue weighted by molar-refractivity contribution is 0.0326. The lowest BCUT2D eigenvalue weighted by Crippen LogP contribution is -2.37. The third-order valence-corrected chi connectivity index (χ3v) is 7.53. The third-order valence-electron chi connectivity index (χ3n) is 6.99. The van der Waals surface area contributed by atoms with Crippen molar-refractivity contribution in [2.45, 2.75) is 50.2 Å². The SMILES string of the molecule is O=C(O)OC1CCOc2cc(Oc3ccc(C(=O)NC4CCCC(c5ccc(Cl)cc5)C4)cc3)c(Cl)cc21. The topological polar surface area (TPSA) is 94.1 Å². The van der Waals surface area contributed by atoms with E-state index in [1.807, 2.05) is 12.1 Å². The molecule has 0 spiro atoms. The van der Waals surface area contributed by atoms with Gasteiger partial charge in [0.05, 0.1) is 11.6 Å². The van der Waals surface area contributed by atoms with Crippen LogP contribution < -0.4 is 14.8 Å². The number of halogens is 2. The second-order valence-corrected chi connectivity index (χ2v) is 10.4. The second kappa shape index (κ2) is 11.5. The molecule has 3 unspecified atom stereocenters. The molecular weight excluding hydrogens is 529 g/mol. The zero-order chi connectivity index (χ0) is 26.6. The largest absolute Gasteiger partial charge is 0.506 e. The van der Waals surface area contributed by atoms with Crippen LogP contribution in [0.1, 0.15) is 65.6 Å². The van der Waals surface area contributed by atoms with Gasteiger partial charge in [-0.3, -0.25) is 4.79 Å². The number of carbonyl (C=O) groups is 2. The molecule has 2 aliphatic rings. The number of benzene rings is 3. The Labute approximate surface area is 230 Å². The van der Waals surface area contributed by atoms with Crippen molar-refractivity contribution in [3.05, 3.63) is 87.4 Å². The van der Waals surface area contributed by atoms with Crippen LogP contribution in [0.3, 0.4) is 0 Å². The minimum absolute atomic E-state index is 0.107. The van der Waals surface area contributed by atoms with Crippen molar-refractivity contribution in [1.82, 2.24) is 5.32 Å². The Hall–Kier alpha value is -3.42. The summed E-state index contributed by atoms with van der Waals surface area (Å²) in [7, 11) is 0. The molecule has 1 saturated carbocycles. The molecule has 0 radical (unpaired) electrons. The fourth-order valence-electron chi connectivity index (χ4n) is 5.11. The fourth-order valence-corrected chi connectivity index (χ4v) is 5.45. The van der Waals surface area contributed by atoms with Crippen LogP contribution in [0, 0.1) is 0 Å². The van der Waals surface area contributed by atoms with E-state index in [2.05, 4.69) is 17.4 Å². The molecule has 1 aliphatic carbocycles. The number of hydrogen-bond acceptors (Lipinski definition) is 5. The summed E-state index contributed by atoms with van der Waals surface area (Å²) in [5.41, 5.74) is 2.36. The summed E-state index contributed by atoms with van der Waals surface area (Å²) in [5.74, 6) is 1.59. The summed E-state index contributed by atoms with van der Waals surface area (Å²) in [6.07, 6.45) is 2.41. The summed E-state index contributed by atoms with van der Waals surface area (Å²) in [4.78, 5) is 23.9. The molecule has 3 aromatic rings. The van der Waals surface area contributed by atoms with Crippen LogP contribution >= 0.6 is 23.2 Å². The molecular formula is C29H27Cl2NO6. The van der Waals surface area contributed by atoms with Gasteiger partial charge in [-0.05, 0) is 73.2 Å². The Balaban J connectivity index is 1.21. The zero-order valence-electron chi connectivity index (χ0n) is 20.5. The van der Waals surface area contributed by atoms with Gasteiger partial charge in [-0.2, -0.15) is 0 Å². The van der Waals surface area contributed by atoms with Crippen LogP contribution in [0.15, 0.2) is 60.7 Å². The number of fused-ring (bicyclic) bond motifs is 1. The maximum atomic E-state index is 12.9. The molecule has 198 valence electrons. The van der Waals surface area contributed by atoms with Crippen LogP contribution in [0.2, 0.25) is 10.0 Å². The standard InChI is InChI=1S/C29H27Cl2NO6/c30-20-8-4-17(5-9-20)19-2-1-3-21(14-19)32-28(33)18-6-10-22(11-7-18)37-27-16-26-23(15-24(27)31)25(12-13-36-26)38-29(34)35/h4-11,15-16,19,21,25H,1-3,12-14H2,(H,32,33)(H,34,35). The molecule has 38 heavy (non-hydrogen) atoms. The molecule has 1 aliphatic heterocycles. The molecule has 0 saturated heterocycles. The Kier molecular flexibility index (Phi) is 7.95. The normalized spacial score (nSPS) is 20.5. The van der Waals surface area contributed by atoms with Crippen molar-refractivity contribution in [3.8, 4) is 17.2 Å². The van der Waals surface area contributed by atoms with Crippen molar-refractivity contribution in [1.29, 1.82) is 0 Å². The van der Waals surface area contributed by atoms with Crippen molar-refractivity contribution in [2.24, 2.45) is 0 Å². The predicted molar refractivity (Wildman–Crippen MR) is 144 cm³/mol. The molecule has 7 nitrogen and oxygen atoms in total. The van der Waals surface area contributed by atoms with E-state index in [9.17, 15) is 9.59 Å². The minimum atomic E-state index is -1.35. The summed E-state index contributed by atoms with van der Waals surface area (Å²) in [6, 6.07) is 18.1. The van der Waals surface area contributed by atoms with Crippen LogP contribution in [0.25, 0.3) is 0 Å². The highest BCUT2D eigenvalue weighted by Gasteiger charge is 2.27. The van der Waals surface area contributed by atoms with Gasteiger partial charge >= 0.3 is 6.16 Å². The zero-order valence-corrected chi connectivity index (χ0v) is 22.0. The number of carboxylic acid groups (broad SMARTS) is 1. The Morgan fingerprint density at radius 1 is 0.974 bits per heavy atom. The lowest BCUT2D eigenvalue weighted by atomic mass is 9.81. The van der Waals surface area contributed by atoms with Crippen LogP contribution in [-0.2, 0) is 4.74 Å². The first kappa shape index (κ1) is 26.2. The minimum Gasteiger partial charge on any atom is -0.493 e. The molecule has 2 N–H and O–H groups in total. The second-order valence-electron chi connectivity index (χ2n) is 9.54. The van der Waals surface area contributed by atoms with E-state index in [4.69, 9.17) is 42.5 Å². The smallest absolute Gasteiger partial charge is 0.493 e. The molecule has 3 aromatic carbocycles. The number of ether oxygens (including phenoxy) is 3. The van der Waals surface area contributed by atoms with Crippen LogP contribution in [0.5, 0.6) is 17.2 Å². The molecule has 5 rings (SSSR count). The molecule has 1 fully saturated rings. The van der Waals surface area contributed by atoms with Crippen molar-refractivity contribution >= 4 is 35.3 Å². The monoisotopic (exact) mass is 555 g/mol. The van der Waals surface area contributed by atoms with Gasteiger partial charge in [0.2, 0.25) is 0 Å². The Morgan fingerprint density at radius 2 is 1.74 bits per heavy atom.